The van der Waals surface area contributed by atoms with Gasteiger partial charge in [0.25, 0.3) is 0 Å². The van der Waals surface area contributed by atoms with Crippen molar-refractivity contribution in [3.05, 3.63) is 22.5 Å². The summed E-state index contributed by atoms with van der Waals surface area (Å²) in [5.41, 5.74) is -1.06. The van der Waals surface area contributed by atoms with E-state index >= 15 is 0 Å². The van der Waals surface area contributed by atoms with Crippen LogP contribution < -0.4 is 5.32 Å². The molecule has 0 aromatic carbocycles. The first-order valence-electron chi connectivity index (χ1n) is 6.68. The molecule has 2 heterocycles. The van der Waals surface area contributed by atoms with Crippen molar-refractivity contribution < 1.29 is 24.4 Å². The van der Waals surface area contributed by atoms with Crippen LogP contribution >= 0.6 is 0 Å². The van der Waals surface area contributed by atoms with Gasteiger partial charge >= 0.3 is 11.7 Å². The maximum atomic E-state index is 12.1. The standard InChI is InChI=1S/C12H16N4O6/c17-10(8-15-7-9(6-13-15)16(20)21)14-12(5-11(18)19)1-3-22-4-2-12/h6-7H,1-5,8H2,(H,14,17)(H,18,19). The Labute approximate surface area is 125 Å². The van der Waals surface area contributed by atoms with Crippen LogP contribution in [0, 0.1) is 10.1 Å². The van der Waals surface area contributed by atoms with Gasteiger partial charge in [0.15, 0.2) is 0 Å². The topological polar surface area (TPSA) is 137 Å². The highest BCUT2D eigenvalue weighted by molar-refractivity contribution is 5.78. The van der Waals surface area contributed by atoms with Crippen LogP contribution in [0.4, 0.5) is 5.69 Å². The van der Waals surface area contributed by atoms with E-state index < -0.39 is 22.3 Å². The molecule has 0 bridgehead atoms. The zero-order chi connectivity index (χ0) is 16.2. The van der Waals surface area contributed by atoms with E-state index in [9.17, 15) is 19.7 Å². The number of nitrogens with one attached hydrogen (secondary N) is 1. The maximum absolute atomic E-state index is 12.1. The van der Waals surface area contributed by atoms with Gasteiger partial charge in [-0.1, -0.05) is 0 Å². The minimum Gasteiger partial charge on any atom is -0.481 e. The molecule has 10 heteroatoms. The second-order valence-corrected chi connectivity index (χ2v) is 5.16. The van der Waals surface area contributed by atoms with E-state index in [1.807, 2.05) is 0 Å². The van der Waals surface area contributed by atoms with E-state index in [0.717, 1.165) is 17.1 Å². The summed E-state index contributed by atoms with van der Waals surface area (Å²) in [5, 5.41) is 26.0. The van der Waals surface area contributed by atoms with E-state index in [-0.39, 0.29) is 18.7 Å². The highest BCUT2D eigenvalue weighted by Gasteiger charge is 2.36. The van der Waals surface area contributed by atoms with Crippen LogP contribution in [0.2, 0.25) is 0 Å². The molecule has 0 unspecified atom stereocenters. The van der Waals surface area contributed by atoms with Crippen molar-refractivity contribution in [3.63, 3.8) is 0 Å². The molecule has 1 aliphatic heterocycles. The average Bonchev–Trinajstić information content (AvgIpc) is 2.86. The van der Waals surface area contributed by atoms with Gasteiger partial charge in [0.05, 0.1) is 16.9 Å². The Bertz CT molecular complexity index is 578. The third-order valence-corrected chi connectivity index (χ3v) is 3.48. The fourth-order valence-corrected chi connectivity index (χ4v) is 2.41. The second kappa shape index (κ2) is 6.52. The lowest BCUT2D eigenvalue weighted by atomic mass is 9.86. The molecular weight excluding hydrogens is 296 g/mol. The van der Waals surface area contributed by atoms with Gasteiger partial charge in [-0.3, -0.25) is 24.4 Å². The van der Waals surface area contributed by atoms with Gasteiger partial charge in [0.2, 0.25) is 5.91 Å². The normalized spacial score (nSPS) is 16.9. The Hall–Kier alpha value is -2.49. The number of hydrogen-bond acceptors (Lipinski definition) is 6. The molecule has 10 nitrogen and oxygen atoms in total. The molecule has 1 aliphatic rings. The molecule has 1 aromatic heterocycles. The first-order chi connectivity index (χ1) is 10.4. The second-order valence-electron chi connectivity index (χ2n) is 5.16. The Morgan fingerprint density at radius 1 is 1.50 bits per heavy atom. The van der Waals surface area contributed by atoms with E-state index in [0.29, 0.717) is 26.1 Å². The van der Waals surface area contributed by atoms with Crippen molar-refractivity contribution >= 4 is 17.6 Å². The predicted octanol–water partition coefficient (Wildman–Crippen LogP) is -0.0686. The molecule has 1 aromatic rings. The molecule has 2 rings (SSSR count). The van der Waals surface area contributed by atoms with Gasteiger partial charge in [-0.2, -0.15) is 5.10 Å². The van der Waals surface area contributed by atoms with Crippen molar-refractivity contribution in [2.75, 3.05) is 13.2 Å². The molecule has 0 spiro atoms. The number of aliphatic carboxylic acids is 1. The van der Waals surface area contributed by atoms with Crippen LogP contribution in [-0.4, -0.2) is 50.4 Å². The summed E-state index contributed by atoms with van der Waals surface area (Å²) in [5.74, 6) is -1.45. The molecule has 1 fully saturated rings. The number of nitrogens with zero attached hydrogens (tertiary/aromatic N) is 3. The first-order valence-corrected chi connectivity index (χ1v) is 6.68. The molecule has 0 saturated carbocycles. The molecular formula is C12H16N4O6. The SMILES string of the molecule is O=C(O)CC1(NC(=O)Cn2cc([N+](=O)[O-])cn2)CCOCC1. The summed E-state index contributed by atoms with van der Waals surface area (Å²) in [6, 6.07) is 0. The van der Waals surface area contributed by atoms with Gasteiger partial charge in [-0.15, -0.1) is 0 Å². The van der Waals surface area contributed by atoms with Crippen molar-refractivity contribution in [1.29, 1.82) is 0 Å². The van der Waals surface area contributed by atoms with E-state index in [1.54, 1.807) is 0 Å². The zero-order valence-electron chi connectivity index (χ0n) is 11.7. The van der Waals surface area contributed by atoms with Gasteiger partial charge in [0.1, 0.15) is 18.9 Å². The number of aromatic nitrogens is 2. The fraction of sp³-hybridized carbons (Fsp3) is 0.583. The van der Waals surface area contributed by atoms with Gasteiger partial charge < -0.3 is 15.2 Å². The Kier molecular flexibility index (Phi) is 4.71. The summed E-state index contributed by atoms with van der Waals surface area (Å²) in [6.07, 6.45) is 2.82. The number of carbonyl (C=O) groups excluding carboxylic acids is 1. The smallest absolute Gasteiger partial charge is 0.307 e. The predicted molar refractivity (Wildman–Crippen MR) is 72.1 cm³/mol. The van der Waals surface area contributed by atoms with Gasteiger partial charge in [0, 0.05) is 13.2 Å². The van der Waals surface area contributed by atoms with Crippen LogP contribution in [-0.2, 0) is 20.9 Å². The third-order valence-electron chi connectivity index (χ3n) is 3.48. The van der Waals surface area contributed by atoms with E-state index in [2.05, 4.69) is 10.4 Å². The summed E-state index contributed by atoms with van der Waals surface area (Å²) in [6.45, 7) is 0.539. The largest absolute Gasteiger partial charge is 0.481 e. The molecule has 120 valence electrons. The fourth-order valence-electron chi connectivity index (χ4n) is 2.41. The van der Waals surface area contributed by atoms with Crippen molar-refractivity contribution in [1.82, 2.24) is 15.1 Å². The van der Waals surface area contributed by atoms with Crippen LogP contribution in [0.15, 0.2) is 12.4 Å². The highest BCUT2D eigenvalue weighted by Crippen LogP contribution is 2.24. The number of nitro groups is 1. The van der Waals surface area contributed by atoms with Crippen molar-refractivity contribution in [2.45, 2.75) is 31.3 Å². The van der Waals surface area contributed by atoms with E-state index in [1.165, 1.54) is 0 Å². The highest BCUT2D eigenvalue weighted by atomic mass is 16.6. The number of ether oxygens (including phenoxy) is 1. The van der Waals surface area contributed by atoms with E-state index in [4.69, 9.17) is 9.84 Å². The first kappa shape index (κ1) is 15.9. The summed E-state index contributed by atoms with van der Waals surface area (Å²) >= 11 is 0. The Morgan fingerprint density at radius 2 is 2.18 bits per heavy atom. The van der Waals surface area contributed by atoms with Gasteiger partial charge in [-0.25, -0.2) is 0 Å². The number of carboxylic acids is 1. The monoisotopic (exact) mass is 312 g/mol. The number of carbonyl (C=O) groups is 2. The quantitative estimate of drug-likeness (QED) is 0.554. The van der Waals surface area contributed by atoms with Crippen LogP contribution in [0.5, 0.6) is 0 Å². The number of amides is 1. The summed E-state index contributed by atoms with van der Waals surface area (Å²) < 4.78 is 6.34. The lowest BCUT2D eigenvalue weighted by molar-refractivity contribution is -0.385. The molecule has 0 radical (unpaired) electrons. The number of rotatable bonds is 6. The van der Waals surface area contributed by atoms with Gasteiger partial charge in [-0.05, 0) is 12.8 Å². The van der Waals surface area contributed by atoms with Crippen molar-refractivity contribution in [2.24, 2.45) is 0 Å². The average molecular weight is 312 g/mol. The summed E-state index contributed by atoms with van der Waals surface area (Å²) in [4.78, 5) is 33.0. The zero-order valence-corrected chi connectivity index (χ0v) is 11.7. The molecule has 22 heavy (non-hydrogen) atoms. The minimum atomic E-state index is -1.00. The van der Waals surface area contributed by atoms with Crippen molar-refractivity contribution in [3.8, 4) is 0 Å². The lowest BCUT2D eigenvalue weighted by Crippen LogP contribution is -2.54. The summed E-state index contributed by atoms with van der Waals surface area (Å²) in [7, 11) is 0. The third kappa shape index (κ3) is 4.01. The van der Waals surface area contributed by atoms with Crippen LogP contribution in [0.1, 0.15) is 19.3 Å². The minimum absolute atomic E-state index is 0.193. The molecule has 0 aliphatic carbocycles. The lowest BCUT2D eigenvalue weighted by Gasteiger charge is -2.36. The molecule has 2 N–H and O–H groups in total. The number of hydrogen-bond donors (Lipinski definition) is 2. The number of carboxylic acid groups (broad SMARTS) is 1. The Balaban J connectivity index is 2.01. The van der Waals surface area contributed by atoms with Crippen LogP contribution in [0.3, 0.4) is 0 Å². The molecule has 1 saturated heterocycles. The van der Waals surface area contributed by atoms with Crippen LogP contribution in [0.25, 0.3) is 0 Å². The maximum Gasteiger partial charge on any atom is 0.307 e. The molecule has 1 amide bonds. The molecule has 0 atom stereocenters. The Morgan fingerprint density at radius 3 is 2.73 bits per heavy atom.